The van der Waals surface area contributed by atoms with Crippen LogP contribution in [0, 0.1) is 28.8 Å². The Morgan fingerprint density at radius 3 is 2.33 bits per heavy atom. The van der Waals surface area contributed by atoms with E-state index in [0.717, 1.165) is 12.1 Å². The van der Waals surface area contributed by atoms with Crippen LogP contribution in [0.5, 0.6) is 0 Å². The van der Waals surface area contributed by atoms with Gasteiger partial charge in [-0.3, -0.25) is 4.79 Å². The summed E-state index contributed by atoms with van der Waals surface area (Å²) in [5.74, 6) is -4.76. The lowest BCUT2D eigenvalue weighted by molar-refractivity contribution is 0.102. The fraction of sp³-hybridized carbons (Fsp3) is 0. The Morgan fingerprint density at radius 2 is 1.70 bits per heavy atom. The second-order valence-electron chi connectivity index (χ2n) is 5.42. The maximum absolute atomic E-state index is 13.6. The molecule has 0 radical (unpaired) electrons. The van der Waals surface area contributed by atoms with E-state index in [1.54, 1.807) is 24.3 Å². The van der Waals surface area contributed by atoms with Gasteiger partial charge in [-0.25, -0.2) is 18.2 Å². The van der Waals surface area contributed by atoms with Crippen molar-refractivity contribution in [2.45, 2.75) is 0 Å². The van der Waals surface area contributed by atoms with E-state index in [1.165, 1.54) is 18.3 Å². The van der Waals surface area contributed by atoms with Crippen molar-refractivity contribution in [1.29, 1.82) is 5.26 Å². The molecule has 1 aromatic heterocycles. The molecule has 0 atom stereocenters. The normalized spacial score (nSPS) is 10.1. The van der Waals surface area contributed by atoms with E-state index in [1.807, 2.05) is 6.07 Å². The van der Waals surface area contributed by atoms with E-state index in [0.29, 0.717) is 17.1 Å². The van der Waals surface area contributed by atoms with Crippen molar-refractivity contribution in [3.8, 4) is 6.07 Å². The molecule has 0 fully saturated rings. The van der Waals surface area contributed by atoms with Gasteiger partial charge < -0.3 is 10.6 Å². The standard InChI is InChI=1S/C19H11F3N4O/c20-14-6-7-15(18(22)17(14)21)26-19(27)12-3-8-16(24-10-12)25-13-4-1-11(9-23)2-5-13/h1-8,10H,(H,24,25)(H,26,27). The zero-order chi connectivity index (χ0) is 19.4. The Kier molecular flexibility index (Phi) is 5.04. The molecule has 1 heterocycles. The van der Waals surface area contributed by atoms with Crippen molar-refractivity contribution in [2.75, 3.05) is 10.6 Å². The number of nitriles is 1. The molecule has 3 rings (SSSR count). The molecule has 0 spiro atoms. The van der Waals surface area contributed by atoms with Crippen molar-refractivity contribution < 1.29 is 18.0 Å². The second-order valence-corrected chi connectivity index (χ2v) is 5.42. The van der Waals surface area contributed by atoms with Crippen molar-refractivity contribution >= 4 is 23.1 Å². The van der Waals surface area contributed by atoms with E-state index in [9.17, 15) is 18.0 Å². The quantitative estimate of drug-likeness (QED) is 0.671. The molecule has 27 heavy (non-hydrogen) atoms. The molecular formula is C19H11F3N4O. The van der Waals surface area contributed by atoms with Gasteiger partial charge in [0.2, 0.25) is 0 Å². The highest BCUT2D eigenvalue weighted by Gasteiger charge is 2.16. The average molecular weight is 368 g/mol. The molecule has 0 aliphatic heterocycles. The molecule has 0 saturated carbocycles. The van der Waals surface area contributed by atoms with E-state index >= 15 is 0 Å². The number of aromatic nitrogens is 1. The summed E-state index contributed by atoms with van der Waals surface area (Å²) >= 11 is 0. The number of carbonyl (C=O) groups excluding carboxylic acids is 1. The Morgan fingerprint density at radius 1 is 0.963 bits per heavy atom. The maximum Gasteiger partial charge on any atom is 0.257 e. The first-order valence-electron chi connectivity index (χ1n) is 7.66. The fourth-order valence-corrected chi connectivity index (χ4v) is 2.20. The van der Waals surface area contributed by atoms with E-state index in [2.05, 4.69) is 15.6 Å². The van der Waals surface area contributed by atoms with Crippen molar-refractivity contribution in [1.82, 2.24) is 4.98 Å². The van der Waals surface area contributed by atoms with Crippen LogP contribution in [0.2, 0.25) is 0 Å². The van der Waals surface area contributed by atoms with Crippen LogP contribution in [0.3, 0.4) is 0 Å². The van der Waals surface area contributed by atoms with Gasteiger partial charge in [-0.2, -0.15) is 5.26 Å². The highest BCUT2D eigenvalue weighted by atomic mass is 19.2. The molecule has 8 heteroatoms. The van der Waals surface area contributed by atoms with Crippen LogP contribution in [0.4, 0.5) is 30.4 Å². The highest BCUT2D eigenvalue weighted by molar-refractivity contribution is 6.04. The van der Waals surface area contributed by atoms with Crippen molar-refractivity contribution in [3.05, 3.63) is 83.3 Å². The Labute approximate surface area is 152 Å². The first kappa shape index (κ1) is 17.9. The van der Waals surface area contributed by atoms with Crippen molar-refractivity contribution in [3.63, 3.8) is 0 Å². The van der Waals surface area contributed by atoms with Gasteiger partial charge in [0.1, 0.15) is 5.82 Å². The minimum atomic E-state index is -1.66. The topological polar surface area (TPSA) is 77.8 Å². The second kappa shape index (κ2) is 7.58. The third-order valence-corrected chi connectivity index (χ3v) is 3.60. The summed E-state index contributed by atoms with van der Waals surface area (Å²) < 4.78 is 39.8. The van der Waals surface area contributed by atoms with Crippen LogP contribution in [-0.2, 0) is 0 Å². The van der Waals surface area contributed by atoms with Crippen LogP contribution >= 0.6 is 0 Å². The van der Waals surface area contributed by atoms with Gasteiger partial charge in [0.05, 0.1) is 22.9 Å². The maximum atomic E-state index is 13.6. The number of nitrogens with zero attached hydrogens (tertiary/aromatic N) is 2. The molecule has 134 valence electrons. The van der Waals surface area contributed by atoms with Crippen LogP contribution in [0.15, 0.2) is 54.7 Å². The van der Waals surface area contributed by atoms with Crippen molar-refractivity contribution in [2.24, 2.45) is 0 Å². The van der Waals surface area contributed by atoms with Gasteiger partial charge in [-0.05, 0) is 48.5 Å². The lowest BCUT2D eigenvalue weighted by atomic mass is 10.2. The first-order chi connectivity index (χ1) is 13.0. The Balaban J connectivity index is 1.70. The van der Waals surface area contributed by atoms with Crippen LogP contribution < -0.4 is 10.6 Å². The molecule has 2 N–H and O–H groups in total. The molecule has 3 aromatic rings. The van der Waals surface area contributed by atoms with Gasteiger partial charge in [-0.15, -0.1) is 0 Å². The summed E-state index contributed by atoms with van der Waals surface area (Å²) in [7, 11) is 0. The van der Waals surface area contributed by atoms with Gasteiger partial charge >= 0.3 is 0 Å². The SMILES string of the molecule is N#Cc1ccc(Nc2ccc(C(=O)Nc3ccc(F)c(F)c3F)cn2)cc1. The number of anilines is 3. The number of nitrogens with one attached hydrogen (secondary N) is 2. The monoisotopic (exact) mass is 368 g/mol. The van der Waals surface area contributed by atoms with Gasteiger partial charge in [0.15, 0.2) is 17.5 Å². The number of hydrogen-bond donors (Lipinski definition) is 2. The minimum absolute atomic E-state index is 0.101. The van der Waals surface area contributed by atoms with Gasteiger partial charge in [0, 0.05) is 11.9 Å². The fourth-order valence-electron chi connectivity index (χ4n) is 2.20. The summed E-state index contributed by atoms with van der Waals surface area (Å²) in [4.78, 5) is 16.2. The predicted octanol–water partition coefficient (Wildman–Crippen LogP) is 4.37. The summed E-state index contributed by atoms with van der Waals surface area (Å²) in [5, 5.41) is 13.9. The lowest BCUT2D eigenvalue weighted by Gasteiger charge is -2.09. The van der Waals surface area contributed by atoms with Crippen LogP contribution in [0.25, 0.3) is 0 Å². The number of halogens is 3. The molecule has 5 nitrogen and oxygen atoms in total. The van der Waals surface area contributed by atoms with Gasteiger partial charge in [-0.1, -0.05) is 0 Å². The van der Waals surface area contributed by atoms with Gasteiger partial charge in [0.25, 0.3) is 5.91 Å². The largest absolute Gasteiger partial charge is 0.340 e. The molecule has 0 unspecified atom stereocenters. The molecule has 0 aliphatic rings. The van der Waals surface area contributed by atoms with E-state index < -0.39 is 29.0 Å². The summed E-state index contributed by atoms with van der Waals surface area (Å²) in [6.07, 6.45) is 1.25. The molecule has 0 saturated heterocycles. The Bertz CT molecular complexity index is 1030. The molecule has 1 amide bonds. The molecular weight excluding hydrogens is 357 g/mol. The number of pyridine rings is 1. The van der Waals surface area contributed by atoms with E-state index in [4.69, 9.17) is 5.26 Å². The summed E-state index contributed by atoms with van der Waals surface area (Å²) in [5.41, 5.74) is 0.843. The predicted molar refractivity (Wildman–Crippen MR) is 92.9 cm³/mol. The third-order valence-electron chi connectivity index (χ3n) is 3.60. The average Bonchev–Trinajstić information content (AvgIpc) is 2.69. The summed E-state index contributed by atoms with van der Waals surface area (Å²) in [6.45, 7) is 0. The third kappa shape index (κ3) is 4.04. The smallest absolute Gasteiger partial charge is 0.257 e. The van der Waals surface area contributed by atoms with E-state index in [-0.39, 0.29) is 5.56 Å². The molecule has 0 bridgehead atoms. The number of benzene rings is 2. The van der Waals surface area contributed by atoms with Crippen LogP contribution in [0.1, 0.15) is 15.9 Å². The lowest BCUT2D eigenvalue weighted by Crippen LogP contribution is -2.14. The van der Waals surface area contributed by atoms with Crippen LogP contribution in [-0.4, -0.2) is 10.9 Å². The number of amides is 1. The molecule has 2 aromatic carbocycles. The number of carbonyl (C=O) groups is 1. The zero-order valence-electron chi connectivity index (χ0n) is 13.6. The number of hydrogen-bond acceptors (Lipinski definition) is 4. The molecule has 0 aliphatic carbocycles. The Hall–Kier alpha value is -3.86. The highest BCUT2D eigenvalue weighted by Crippen LogP contribution is 2.21. The summed E-state index contributed by atoms with van der Waals surface area (Å²) in [6, 6.07) is 13.3. The minimum Gasteiger partial charge on any atom is -0.340 e. The zero-order valence-corrected chi connectivity index (χ0v) is 13.6. The first-order valence-corrected chi connectivity index (χ1v) is 7.66. The number of rotatable bonds is 4.